The number of likely N-dealkylation sites (tertiary alicyclic amines) is 1. The SMILES string of the molecule is O=C(Cn1nc(C(F)(F)F)c2c1CCCC2)N1CCCC1c1ccco1. The molecule has 1 amide bonds. The minimum Gasteiger partial charge on any atom is -0.467 e. The average Bonchev–Trinajstić information content (AvgIpc) is 3.33. The van der Waals surface area contributed by atoms with Gasteiger partial charge in [-0.2, -0.15) is 18.3 Å². The number of rotatable bonds is 3. The molecular weight excluding hydrogens is 347 g/mol. The Bertz CT molecular complexity index is 795. The zero-order chi connectivity index (χ0) is 18.3. The van der Waals surface area contributed by atoms with Crippen molar-refractivity contribution < 1.29 is 22.4 Å². The third-order valence-corrected chi connectivity index (χ3v) is 5.26. The van der Waals surface area contributed by atoms with E-state index in [4.69, 9.17) is 4.42 Å². The van der Waals surface area contributed by atoms with Crippen molar-refractivity contribution >= 4 is 5.91 Å². The smallest absolute Gasteiger partial charge is 0.435 e. The van der Waals surface area contributed by atoms with Crippen LogP contribution in [0.4, 0.5) is 13.2 Å². The molecule has 1 unspecified atom stereocenters. The predicted molar refractivity (Wildman–Crippen MR) is 86.3 cm³/mol. The first-order valence-corrected chi connectivity index (χ1v) is 8.94. The number of carbonyl (C=O) groups is 1. The molecule has 2 aliphatic rings. The molecule has 1 saturated heterocycles. The quantitative estimate of drug-likeness (QED) is 0.831. The molecule has 1 aliphatic heterocycles. The molecule has 0 saturated carbocycles. The molecule has 3 heterocycles. The normalized spacial score (nSPS) is 20.4. The Morgan fingerprint density at radius 1 is 1.27 bits per heavy atom. The highest BCUT2D eigenvalue weighted by atomic mass is 19.4. The van der Waals surface area contributed by atoms with Crippen LogP contribution in [0.15, 0.2) is 22.8 Å². The van der Waals surface area contributed by atoms with E-state index in [1.54, 1.807) is 17.2 Å². The second kappa shape index (κ2) is 6.48. The maximum Gasteiger partial charge on any atom is 0.435 e. The van der Waals surface area contributed by atoms with Gasteiger partial charge in [-0.05, 0) is 50.7 Å². The molecular formula is C18H20F3N3O2. The molecule has 8 heteroatoms. The van der Waals surface area contributed by atoms with Crippen LogP contribution in [0, 0.1) is 0 Å². The lowest BCUT2D eigenvalue weighted by Gasteiger charge is -2.24. The van der Waals surface area contributed by atoms with E-state index in [0.717, 1.165) is 25.7 Å². The van der Waals surface area contributed by atoms with Gasteiger partial charge in [0, 0.05) is 17.8 Å². The van der Waals surface area contributed by atoms with Crippen LogP contribution in [0.1, 0.15) is 54.4 Å². The van der Waals surface area contributed by atoms with E-state index >= 15 is 0 Å². The number of fused-ring (bicyclic) bond motifs is 1. The monoisotopic (exact) mass is 367 g/mol. The molecule has 2 aromatic heterocycles. The Labute approximate surface area is 148 Å². The van der Waals surface area contributed by atoms with Crippen molar-refractivity contribution in [2.24, 2.45) is 0 Å². The molecule has 0 N–H and O–H groups in total. The highest BCUT2D eigenvalue weighted by Crippen LogP contribution is 2.36. The second-order valence-electron chi connectivity index (χ2n) is 6.90. The Kier molecular flexibility index (Phi) is 4.28. The van der Waals surface area contributed by atoms with Crippen LogP contribution in [0.3, 0.4) is 0 Å². The van der Waals surface area contributed by atoms with Crippen LogP contribution in [-0.4, -0.2) is 27.1 Å². The van der Waals surface area contributed by atoms with Crippen LogP contribution >= 0.6 is 0 Å². The Balaban J connectivity index is 1.59. The van der Waals surface area contributed by atoms with Gasteiger partial charge in [-0.25, -0.2) is 0 Å². The topological polar surface area (TPSA) is 51.3 Å². The van der Waals surface area contributed by atoms with Gasteiger partial charge in [0.2, 0.25) is 5.91 Å². The Morgan fingerprint density at radius 3 is 2.81 bits per heavy atom. The average molecular weight is 367 g/mol. The van der Waals surface area contributed by atoms with Crippen molar-refractivity contribution in [3.05, 3.63) is 41.1 Å². The summed E-state index contributed by atoms with van der Waals surface area (Å²) in [6.07, 6.45) is 1.18. The number of furan rings is 1. The summed E-state index contributed by atoms with van der Waals surface area (Å²) in [7, 11) is 0. The van der Waals surface area contributed by atoms with E-state index in [1.165, 1.54) is 4.68 Å². The standard InChI is InChI=1S/C18H20F3N3O2/c19-18(20,21)17-12-5-1-2-6-13(12)24(22-17)11-16(25)23-9-3-7-14(23)15-8-4-10-26-15/h4,8,10,14H,1-3,5-7,9,11H2. The molecule has 26 heavy (non-hydrogen) atoms. The third-order valence-electron chi connectivity index (χ3n) is 5.26. The molecule has 0 bridgehead atoms. The van der Waals surface area contributed by atoms with Gasteiger partial charge in [0.15, 0.2) is 5.69 Å². The maximum absolute atomic E-state index is 13.3. The van der Waals surface area contributed by atoms with Crippen molar-refractivity contribution in [3.8, 4) is 0 Å². The molecule has 1 fully saturated rings. The van der Waals surface area contributed by atoms with Gasteiger partial charge in [0.1, 0.15) is 12.3 Å². The summed E-state index contributed by atoms with van der Waals surface area (Å²) in [5, 5.41) is 3.78. The number of nitrogens with zero attached hydrogens (tertiary/aromatic N) is 3. The molecule has 0 spiro atoms. The van der Waals surface area contributed by atoms with E-state index in [-0.39, 0.29) is 24.1 Å². The van der Waals surface area contributed by atoms with Crippen molar-refractivity contribution in [1.82, 2.24) is 14.7 Å². The molecule has 2 aromatic rings. The fourth-order valence-electron chi connectivity index (χ4n) is 4.09. The summed E-state index contributed by atoms with van der Waals surface area (Å²) >= 11 is 0. The number of carbonyl (C=O) groups excluding carboxylic acids is 1. The van der Waals surface area contributed by atoms with Gasteiger partial charge in [-0.3, -0.25) is 9.48 Å². The third kappa shape index (κ3) is 3.01. The fourth-order valence-corrected chi connectivity index (χ4v) is 4.09. The first-order valence-electron chi connectivity index (χ1n) is 8.94. The molecule has 1 aliphatic carbocycles. The van der Waals surface area contributed by atoms with E-state index in [2.05, 4.69) is 5.10 Å². The lowest BCUT2D eigenvalue weighted by atomic mass is 9.95. The van der Waals surface area contributed by atoms with Gasteiger partial charge in [-0.15, -0.1) is 0 Å². The second-order valence-corrected chi connectivity index (χ2v) is 6.90. The Morgan fingerprint density at radius 2 is 2.08 bits per heavy atom. The number of aromatic nitrogens is 2. The highest BCUT2D eigenvalue weighted by Gasteiger charge is 2.40. The van der Waals surface area contributed by atoms with Crippen LogP contribution in [0.5, 0.6) is 0 Å². The predicted octanol–water partition coefficient (Wildman–Crippen LogP) is 3.74. The largest absolute Gasteiger partial charge is 0.467 e. The fraction of sp³-hybridized carbons (Fsp3) is 0.556. The molecule has 0 aromatic carbocycles. The van der Waals surface area contributed by atoms with Gasteiger partial charge >= 0.3 is 6.18 Å². The molecule has 140 valence electrons. The van der Waals surface area contributed by atoms with E-state index in [0.29, 0.717) is 30.8 Å². The van der Waals surface area contributed by atoms with Crippen molar-refractivity contribution in [3.63, 3.8) is 0 Å². The number of amides is 1. The van der Waals surface area contributed by atoms with Crippen molar-refractivity contribution in [2.45, 2.75) is 57.3 Å². The summed E-state index contributed by atoms with van der Waals surface area (Å²) in [6.45, 7) is 0.426. The minimum atomic E-state index is -4.49. The van der Waals surface area contributed by atoms with Gasteiger partial charge in [0.05, 0.1) is 12.3 Å². The zero-order valence-corrected chi connectivity index (χ0v) is 14.3. The van der Waals surface area contributed by atoms with Crippen LogP contribution < -0.4 is 0 Å². The van der Waals surface area contributed by atoms with E-state index < -0.39 is 11.9 Å². The first kappa shape index (κ1) is 17.2. The molecule has 0 radical (unpaired) electrons. The van der Waals surface area contributed by atoms with Gasteiger partial charge < -0.3 is 9.32 Å². The molecule has 1 atom stereocenters. The van der Waals surface area contributed by atoms with Crippen molar-refractivity contribution in [1.29, 1.82) is 0 Å². The number of alkyl halides is 3. The summed E-state index contributed by atoms with van der Waals surface area (Å²) in [6, 6.07) is 3.45. The Hall–Kier alpha value is -2.25. The molecule has 5 nitrogen and oxygen atoms in total. The van der Waals surface area contributed by atoms with E-state index in [9.17, 15) is 18.0 Å². The van der Waals surface area contributed by atoms with Gasteiger partial charge in [-0.1, -0.05) is 0 Å². The van der Waals surface area contributed by atoms with Crippen LogP contribution in [0.25, 0.3) is 0 Å². The number of hydrogen-bond donors (Lipinski definition) is 0. The first-order chi connectivity index (χ1) is 12.4. The van der Waals surface area contributed by atoms with Crippen LogP contribution in [0.2, 0.25) is 0 Å². The molecule has 4 rings (SSSR count). The number of hydrogen-bond acceptors (Lipinski definition) is 3. The maximum atomic E-state index is 13.3. The van der Waals surface area contributed by atoms with Gasteiger partial charge in [0.25, 0.3) is 0 Å². The van der Waals surface area contributed by atoms with E-state index in [1.807, 2.05) is 6.07 Å². The zero-order valence-electron chi connectivity index (χ0n) is 14.3. The summed E-state index contributed by atoms with van der Waals surface area (Å²) < 4.78 is 46.6. The summed E-state index contributed by atoms with van der Waals surface area (Å²) in [4.78, 5) is 14.5. The summed E-state index contributed by atoms with van der Waals surface area (Å²) in [5.41, 5.74) is -0.00441. The highest BCUT2D eigenvalue weighted by molar-refractivity contribution is 5.77. The lowest BCUT2D eigenvalue weighted by Crippen LogP contribution is -2.34. The number of halogens is 3. The summed E-state index contributed by atoms with van der Waals surface area (Å²) in [5.74, 6) is 0.503. The van der Waals surface area contributed by atoms with Crippen molar-refractivity contribution in [2.75, 3.05) is 6.54 Å². The minimum absolute atomic E-state index is 0.147. The van der Waals surface area contributed by atoms with Crippen LogP contribution in [-0.2, 0) is 30.4 Å². The lowest BCUT2D eigenvalue weighted by molar-refractivity contribution is -0.142.